The van der Waals surface area contributed by atoms with Gasteiger partial charge in [0.2, 0.25) is 0 Å². The Kier molecular flexibility index (Phi) is 5.37. The van der Waals surface area contributed by atoms with E-state index >= 15 is 0 Å². The lowest BCUT2D eigenvalue weighted by atomic mass is 10.2. The molecule has 17 heavy (non-hydrogen) atoms. The first-order valence-corrected chi connectivity index (χ1v) is 6.00. The number of methoxy groups -OCH3 is 1. The number of nitrogens with zero attached hydrogens (tertiary/aromatic N) is 1. The largest absolute Gasteiger partial charge is 0.384 e. The van der Waals surface area contributed by atoms with Crippen molar-refractivity contribution in [2.24, 2.45) is 5.92 Å². The predicted octanol–water partition coefficient (Wildman–Crippen LogP) is 3.05. The molecular formula is C11H15BrN2O3. The average Bonchev–Trinajstić information content (AvgIpc) is 2.26. The van der Waals surface area contributed by atoms with Gasteiger partial charge in [-0.25, -0.2) is 0 Å². The summed E-state index contributed by atoms with van der Waals surface area (Å²) in [7, 11) is 1.64. The first-order valence-electron chi connectivity index (χ1n) is 5.21. The molecule has 0 aliphatic rings. The lowest BCUT2D eigenvalue weighted by molar-refractivity contribution is -0.384. The van der Waals surface area contributed by atoms with E-state index in [9.17, 15) is 10.1 Å². The van der Waals surface area contributed by atoms with Crippen LogP contribution in [0.1, 0.15) is 6.92 Å². The number of nitro groups is 1. The molecule has 0 amide bonds. The van der Waals surface area contributed by atoms with Crippen LogP contribution in [-0.4, -0.2) is 25.2 Å². The highest BCUT2D eigenvalue weighted by Gasteiger charge is 2.14. The number of benzene rings is 1. The summed E-state index contributed by atoms with van der Waals surface area (Å²) in [5.41, 5.74) is 0.602. The van der Waals surface area contributed by atoms with Crippen molar-refractivity contribution in [1.82, 2.24) is 0 Å². The Morgan fingerprint density at radius 2 is 2.29 bits per heavy atom. The SMILES string of the molecule is COCC(C)CNc1cc(Br)ccc1[N+](=O)[O-]. The van der Waals surface area contributed by atoms with Crippen molar-refractivity contribution in [3.63, 3.8) is 0 Å². The molecular weight excluding hydrogens is 288 g/mol. The predicted molar refractivity (Wildman–Crippen MR) is 70.3 cm³/mol. The second-order valence-electron chi connectivity index (χ2n) is 3.86. The van der Waals surface area contributed by atoms with Gasteiger partial charge in [0.15, 0.2) is 0 Å². The first kappa shape index (κ1) is 13.9. The summed E-state index contributed by atoms with van der Waals surface area (Å²) in [6.45, 7) is 3.26. The van der Waals surface area contributed by atoms with Gasteiger partial charge in [-0.3, -0.25) is 10.1 Å². The summed E-state index contributed by atoms with van der Waals surface area (Å²) in [6, 6.07) is 4.84. The third kappa shape index (κ3) is 4.32. The van der Waals surface area contributed by atoms with E-state index in [0.29, 0.717) is 24.8 Å². The molecule has 0 fully saturated rings. The average molecular weight is 303 g/mol. The molecule has 1 unspecified atom stereocenters. The topological polar surface area (TPSA) is 64.4 Å². The van der Waals surface area contributed by atoms with Gasteiger partial charge in [-0.15, -0.1) is 0 Å². The van der Waals surface area contributed by atoms with Crippen LogP contribution < -0.4 is 5.32 Å². The Morgan fingerprint density at radius 1 is 1.59 bits per heavy atom. The highest BCUT2D eigenvalue weighted by molar-refractivity contribution is 9.10. The molecule has 0 spiro atoms. The third-order valence-corrected chi connectivity index (χ3v) is 2.74. The minimum Gasteiger partial charge on any atom is -0.384 e. The molecule has 0 saturated heterocycles. The molecule has 5 nitrogen and oxygen atoms in total. The van der Waals surface area contributed by atoms with Gasteiger partial charge in [0.1, 0.15) is 5.69 Å². The summed E-state index contributed by atoms with van der Waals surface area (Å²) >= 11 is 3.30. The van der Waals surface area contributed by atoms with Crippen LogP contribution in [0.15, 0.2) is 22.7 Å². The Hall–Kier alpha value is -1.14. The quantitative estimate of drug-likeness (QED) is 0.648. The van der Waals surface area contributed by atoms with E-state index < -0.39 is 4.92 Å². The van der Waals surface area contributed by atoms with Crippen molar-refractivity contribution in [1.29, 1.82) is 0 Å². The monoisotopic (exact) mass is 302 g/mol. The molecule has 0 radical (unpaired) electrons. The van der Waals surface area contributed by atoms with Crippen molar-refractivity contribution in [2.75, 3.05) is 25.6 Å². The van der Waals surface area contributed by atoms with Crippen LogP contribution in [0.5, 0.6) is 0 Å². The molecule has 0 heterocycles. The maximum Gasteiger partial charge on any atom is 0.292 e. The number of hydrogen-bond donors (Lipinski definition) is 1. The van der Waals surface area contributed by atoms with E-state index in [1.54, 1.807) is 19.2 Å². The lowest BCUT2D eigenvalue weighted by Gasteiger charge is -2.12. The number of nitrogens with one attached hydrogen (secondary N) is 1. The second kappa shape index (κ2) is 6.56. The number of halogens is 1. The number of nitro benzene ring substituents is 1. The molecule has 1 N–H and O–H groups in total. The van der Waals surface area contributed by atoms with Gasteiger partial charge in [-0.05, 0) is 18.1 Å². The van der Waals surface area contributed by atoms with E-state index in [1.165, 1.54) is 6.07 Å². The van der Waals surface area contributed by atoms with Crippen LogP contribution in [0.25, 0.3) is 0 Å². The zero-order chi connectivity index (χ0) is 12.8. The van der Waals surface area contributed by atoms with E-state index in [0.717, 1.165) is 4.47 Å². The van der Waals surface area contributed by atoms with Gasteiger partial charge in [-0.2, -0.15) is 0 Å². The molecule has 1 aromatic carbocycles. The zero-order valence-electron chi connectivity index (χ0n) is 9.77. The number of hydrogen-bond acceptors (Lipinski definition) is 4. The Labute approximate surface area is 108 Å². The molecule has 1 aromatic rings. The normalized spacial score (nSPS) is 12.2. The molecule has 1 rings (SSSR count). The molecule has 0 aromatic heterocycles. The van der Waals surface area contributed by atoms with Crippen molar-refractivity contribution < 1.29 is 9.66 Å². The van der Waals surface area contributed by atoms with Crippen LogP contribution in [0, 0.1) is 16.0 Å². The van der Waals surface area contributed by atoms with Crippen molar-refractivity contribution in [3.05, 3.63) is 32.8 Å². The molecule has 0 saturated carbocycles. The first-order chi connectivity index (χ1) is 8.04. The van der Waals surface area contributed by atoms with E-state index in [4.69, 9.17) is 4.74 Å². The summed E-state index contributed by atoms with van der Waals surface area (Å²) in [5, 5.41) is 13.9. The van der Waals surface area contributed by atoms with Crippen molar-refractivity contribution in [2.45, 2.75) is 6.92 Å². The van der Waals surface area contributed by atoms with Crippen LogP contribution >= 0.6 is 15.9 Å². The fourth-order valence-electron chi connectivity index (χ4n) is 1.44. The standard InChI is InChI=1S/C11H15BrN2O3/c1-8(7-17-2)6-13-10-5-9(12)3-4-11(10)14(15)16/h3-5,8,13H,6-7H2,1-2H3. The van der Waals surface area contributed by atoms with Gasteiger partial charge in [0.05, 0.1) is 11.5 Å². The van der Waals surface area contributed by atoms with Crippen LogP contribution in [0.2, 0.25) is 0 Å². The molecule has 94 valence electrons. The summed E-state index contributed by atoms with van der Waals surface area (Å²) in [5.74, 6) is 0.290. The van der Waals surface area contributed by atoms with Gasteiger partial charge in [0, 0.05) is 24.2 Å². The number of ether oxygens (including phenoxy) is 1. The Bertz CT molecular complexity index is 398. The van der Waals surface area contributed by atoms with Gasteiger partial charge < -0.3 is 10.1 Å². The van der Waals surface area contributed by atoms with Crippen molar-refractivity contribution >= 4 is 27.3 Å². The van der Waals surface area contributed by atoms with Gasteiger partial charge in [-0.1, -0.05) is 22.9 Å². The minimum atomic E-state index is -0.393. The Balaban J connectivity index is 2.75. The lowest BCUT2D eigenvalue weighted by Crippen LogP contribution is -2.16. The zero-order valence-corrected chi connectivity index (χ0v) is 11.4. The summed E-state index contributed by atoms with van der Waals surface area (Å²) < 4.78 is 5.82. The molecule has 0 aliphatic carbocycles. The van der Waals surface area contributed by atoms with E-state index in [1.807, 2.05) is 6.92 Å². The molecule has 1 atom stereocenters. The third-order valence-electron chi connectivity index (χ3n) is 2.25. The smallest absolute Gasteiger partial charge is 0.292 e. The van der Waals surface area contributed by atoms with Gasteiger partial charge in [0.25, 0.3) is 5.69 Å². The highest BCUT2D eigenvalue weighted by Crippen LogP contribution is 2.27. The Morgan fingerprint density at radius 3 is 2.88 bits per heavy atom. The summed E-state index contributed by atoms with van der Waals surface area (Å²) in [4.78, 5) is 10.4. The maximum atomic E-state index is 10.8. The summed E-state index contributed by atoms with van der Waals surface area (Å²) in [6.07, 6.45) is 0. The number of rotatable bonds is 6. The van der Waals surface area contributed by atoms with Gasteiger partial charge >= 0.3 is 0 Å². The van der Waals surface area contributed by atoms with Crippen LogP contribution in [0.3, 0.4) is 0 Å². The highest BCUT2D eigenvalue weighted by atomic mass is 79.9. The fourth-order valence-corrected chi connectivity index (χ4v) is 1.80. The maximum absolute atomic E-state index is 10.8. The molecule has 0 aliphatic heterocycles. The van der Waals surface area contributed by atoms with E-state index in [-0.39, 0.29) is 5.69 Å². The van der Waals surface area contributed by atoms with Crippen molar-refractivity contribution in [3.8, 4) is 0 Å². The van der Waals surface area contributed by atoms with E-state index in [2.05, 4.69) is 21.2 Å². The molecule has 6 heteroatoms. The van der Waals surface area contributed by atoms with Crippen LogP contribution in [0.4, 0.5) is 11.4 Å². The number of anilines is 1. The second-order valence-corrected chi connectivity index (χ2v) is 4.78. The fraction of sp³-hybridized carbons (Fsp3) is 0.455. The van der Waals surface area contributed by atoms with Crippen LogP contribution in [-0.2, 0) is 4.74 Å². The minimum absolute atomic E-state index is 0.0813. The molecule has 0 bridgehead atoms.